The molecule has 2 rings (SSSR count). The van der Waals surface area contributed by atoms with Crippen molar-refractivity contribution in [2.24, 2.45) is 0 Å². The van der Waals surface area contributed by atoms with Crippen LogP contribution in [0.3, 0.4) is 0 Å². The zero-order chi connectivity index (χ0) is 21.4. The van der Waals surface area contributed by atoms with Crippen molar-refractivity contribution in [3.8, 4) is 0 Å². The predicted octanol–water partition coefficient (Wildman–Crippen LogP) is 2.76. The SMILES string of the molecule is CCOC(=O)NCCNC(=O)c1ccc(NS(=O)(=O)c2ccc(F)c(Cl)c2)cc1. The highest BCUT2D eigenvalue weighted by Gasteiger charge is 2.16. The predicted molar refractivity (Wildman–Crippen MR) is 106 cm³/mol. The van der Waals surface area contributed by atoms with Gasteiger partial charge in [-0.15, -0.1) is 0 Å². The van der Waals surface area contributed by atoms with Crippen LogP contribution in [0.2, 0.25) is 5.02 Å². The molecule has 0 aromatic heterocycles. The molecule has 0 aliphatic carbocycles. The summed E-state index contributed by atoms with van der Waals surface area (Å²) in [6, 6.07) is 8.75. The van der Waals surface area contributed by atoms with Gasteiger partial charge in [0.2, 0.25) is 0 Å². The summed E-state index contributed by atoms with van der Waals surface area (Å²) in [6.45, 7) is 2.32. The molecule has 0 atom stereocenters. The smallest absolute Gasteiger partial charge is 0.407 e. The zero-order valence-corrected chi connectivity index (χ0v) is 16.9. The van der Waals surface area contributed by atoms with E-state index in [9.17, 15) is 22.4 Å². The van der Waals surface area contributed by atoms with Gasteiger partial charge in [-0.05, 0) is 49.4 Å². The molecule has 29 heavy (non-hydrogen) atoms. The molecule has 0 aliphatic rings. The Labute approximate surface area is 172 Å². The quantitative estimate of drug-likeness (QED) is 0.543. The van der Waals surface area contributed by atoms with Crippen molar-refractivity contribution in [3.05, 3.63) is 58.9 Å². The zero-order valence-electron chi connectivity index (χ0n) is 15.4. The highest BCUT2D eigenvalue weighted by atomic mass is 35.5. The van der Waals surface area contributed by atoms with Crippen LogP contribution in [0.4, 0.5) is 14.9 Å². The van der Waals surface area contributed by atoms with Crippen LogP contribution in [0, 0.1) is 5.82 Å². The van der Waals surface area contributed by atoms with Gasteiger partial charge >= 0.3 is 6.09 Å². The van der Waals surface area contributed by atoms with Crippen LogP contribution >= 0.6 is 11.6 Å². The number of alkyl carbamates (subject to hydrolysis) is 1. The molecule has 156 valence electrons. The van der Waals surface area contributed by atoms with Crippen molar-refractivity contribution >= 4 is 39.3 Å². The van der Waals surface area contributed by atoms with Gasteiger partial charge < -0.3 is 15.4 Å². The van der Waals surface area contributed by atoms with Gasteiger partial charge in [-0.3, -0.25) is 9.52 Å². The fourth-order valence-electron chi connectivity index (χ4n) is 2.17. The number of sulfonamides is 1. The van der Waals surface area contributed by atoms with E-state index in [4.69, 9.17) is 11.6 Å². The number of hydrogen-bond acceptors (Lipinski definition) is 5. The Hall–Kier alpha value is -2.85. The first kappa shape index (κ1) is 22.4. The Morgan fingerprint density at radius 1 is 1.07 bits per heavy atom. The summed E-state index contributed by atoms with van der Waals surface area (Å²) < 4.78 is 44.9. The van der Waals surface area contributed by atoms with E-state index in [-0.39, 0.29) is 35.3 Å². The fraction of sp³-hybridized carbons (Fsp3) is 0.222. The Morgan fingerprint density at radius 3 is 2.34 bits per heavy atom. The lowest BCUT2D eigenvalue weighted by Crippen LogP contribution is -2.34. The number of nitrogens with one attached hydrogen (secondary N) is 3. The third-order valence-corrected chi connectivity index (χ3v) is 5.22. The number of ether oxygens (including phenoxy) is 1. The molecule has 2 aromatic rings. The molecule has 0 spiro atoms. The number of carbonyl (C=O) groups is 2. The number of hydrogen-bond donors (Lipinski definition) is 3. The van der Waals surface area contributed by atoms with Gasteiger partial charge in [0.1, 0.15) is 5.82 Å². The number of anilines is 1. The standard InChI is InChI=1S/C18H19ClFN3O5S/c1-2-28-18(25)22-10-9-21-17(24)12-3-5-13(6-4-12)23-29(26,27)14-7-8-16(20)15(19)11-14/h3-8,11,23H,2,9-10H2,1H3,(H,21,24)(H,22,25). The second kappa shape index (κ2) is 10.1. The largest absolute Gasteiger partial charge is 0.450 e. The summed E-state index contributed by atoms with van der Waals surface area (Å²) in [5, 5.41) is 4.76. The van der Waals surface area contributed by atoms with E-state index in [2.05, 4.69) is 20.1 Å². The minimum atomic E-state index is -3.97. The van der Waals surface area contributed by atoms with Crippen molar-refractivity contribution in [1.29, 1.82) is 0 Å². The first-order valence-corrected chi connectivity index (χ1v) is 10.4. The summed E-state index contributed by atoms with van der Waals surface area (Å²) in [4.78, 5) is 23.0. The van der Waals surface area contributed by atoms with Crippen LogP contribution in [0.1, 0.15) is 17.3 Å². The van der Waals surface area contributed by atoms with E-state index in [0.717, 1.165) is 18.2 Å². The lowest BCUT2D eigenvalue weighted by Gasteiger charge is -2.10. The van der Waals surface area contributed by atoms with Crippen LogP contribution in [0.25, 0.3) is 0 Å². The Balaban J connectivity index is 1.93. The molecule has 0 aliphatic heterocycles. The maximum atomic E-state index is 13.2. The summed E-state index contributed by atoms with van der Waals surface area (Å²) in [5.74, 6) is -1.12. The highest BCUT2D eigenvalue weighted by Crippen LogP contribution is 2.22. The number of halogens is 2. The van der Waals surface area contributed by atoms with E-state index in [0.29, 0.717) is 5.56 Å². The van der Waals surface area contributed by atoms with E-state index in [1.165, 1.54) is 24.3 Å². The first-order chi connectivity index (χ1) is 13.7. The maximum Gasteiger partial charge on any atom is 0.407 e. The van der Waals surface area contributed by atoms with Gasteiger partial charge in [-0.1, -0.05) is 11.6 Å². The number of amides is 2. The topological polar surface area (TPSA) is 114 Å². The number of carbonyl (C=O) groups excluding carboxylic acids is 2. The molecular weight excluding hydrogens is 425 g/mol. The van der Waals surface area contributed by atoms with Gasteiger partial charge in [-0.25, -0.2) is 17.6 Å². The summed E-state index contributed by atoms with van der Waals surface area (Å²) >= 11 is 5.62. The van der Waals surface area contributed by atoms with E-state index in [1.54, 1.807) is 6.92 Å². The lowest BCUT2D eigenvalue weighted by atomic mass is 10.2. The Morgan fingerprint density at radius 2 is 1.72 bits per heavy atom. The molecule has 0 saturated carbocycles. The summed E-state index contributed by atoms with van der Waals surface area (Å²) in [6.07, 6.45) is -0.569. The van der Waals surface area contributed by atoms with Gasteiger partial charge in [0.15, 0.2) is 0 Å². The molecule has 0 saturated heterocycles. The van der Waals surface area contributed by atoms with Gasteiger partial charge in [-0.2, -0.15) is 0 Å². The van der Waals surface area contributed by atoms with Gasteiger partial charge in [0.05, 0.1) is 16.5 Å². The second-order valence-electron chi connectivity index (χ2n) is 5.66. The fourth-order valence-corrected chi connectivity index (χ4v) is 3.50. The third kappa shape index (κ3) is 6.61. The lowest BCUT2D eigenvalue weighted by molar-refractivity contribution is 0.0952. The number of rotatable bonds is 8. The van der Waals surface area contributed by atoms with Gasteiger partial charge in [0.25, 0.3) is 15.9 Å². The Kier molecular flexibility index (Phi) is 7.80. The average molecular weight is 444 g/mol. The maximum absolute atomic E-state index is 13.2. The molecule has 0 fully saturated rings. The molecule has 0 unspecified atom stereocenters. The van der Waals surface area contributed by atoms with Crippen molar-refractivity contribution in [1.82, 2.24) is 10.6 Å². The highest BCUT2D eigenvalue weighted by molar-refractivity contribution is 7.92. The molecule has 3 N–H and O–H groups in total. The van der Waals surface area contributed by atoms with E-state index in [1.807, 2.05) is 0 Å². The summed E-state index contributed by atoms with van der Waals surface area (Å²) in [7, 11) is -3.97. The molecule has 0 heterocycles. The van der Waals surface area contributed by atoms with Crippen LogP contribution < -0.4 is 15.4 Å². The minimum Gasteiger partial charge on any atom is -0.450 e. The van der Waals surface area contributed by atoms with E-state index >= 15 is 0 Å². The van der Waals surface area contributed by atoms with Crippen molar-refractivity contribution in [2.75, 3.05) is 24.4 Å². The van der Waals surface area contributed by atoms with Crippen molar-refractivity contribution < 1.29 is 27.1 Å². The molecule has 0 bridgehead atoms. The van der Waals surface area contributed by atoms with Crippen LogP contribution in [-0.4, -0.2) is 40.1 Å². The van der Waals surface area contributed by atoms with Crippen LogP contribution in [0.15, 0.2) is 47.4 Å². The molecule has 2 aromatic carbocycles. The van der Waals surface area contributed by atoms with Crippen LogP contribution in [-0.2, 0) is 14.8 Å². The number of benzene rings is 2. The minimum absolute atomic E-state index is 0.192. The monoisotopic (exact) mass is 443 g/mol. The van der Waals surface area contributed by atoms with E-state index < -0.39 is 27.8 Å². The van der Waals surface area contributed by atoms with Gasteiger partial charge in [0, 0.05) is 24.3 Å². The summed E-state index contributed by atoms with van der Waals surface area (Å²) in [5.41, 5.74) is 0.514. The first-order valence-electron chi connectivity index (χ1n) is 8.49. The Bertz CT molecular complexity index is 983. The van der Waals surface area contributed by atoms with Crippen molar-refractivity contribution in [3.63, 3.8) is 0 Å². The third-order valence-electron chi connectivity index (χ3n) is 3.56. The molecule has 2 amide bonds. The molecular formula is C18H19ClFN3O5S. The average Bonchev–Trinajstić information content (AvgIpc) is 2.67. The second-order valence-corrected chi connectivity index (χ2v) is 7.75. The molecule has 11 heteroatoms. The molecule has 8 nitrogen and oxygen atoms in total. The van der Waals surface area contributed by atoms with Crippen LogP contribution in [0.5, 0.6) is 0 Å². The normalized spacial score (nSPS) is 10.9. The molecule has 0 radical (unpaired) electrons. The van der Waals surface area contributed by atoms with Crippen molar-refractivity contribution in [2.45, 2.75) is 11.8 Å².